The van der Waals surface area contributed by atoms with Crippen molar-refractivity contribution < 1.29 is 18.9 Å². The van der Waals surface area contributed by atoms with Crippen LogP contribution in [-0.4, -0.2) is 26.0 Å². The molecule has 4 rings (SSSR count). The van der Waals surface area contributed by atoms with Crippen molar-refractivity contribution in [1.82, 2.24) is 4.98 Å². The summed E-state index contributed by atoms with van der Waals surface area (Å²) in [6.07, 6.45) is 0. The number of hydrogen-bond donors (Lipinski definition) is 1. The van der Waals surface area contributed by atoms with Gasteiger partial charge in [-0.3, -0.25) is 0 Å². The lowest BCUT2D eigenvalue weighted by molar-refractivity contribution is 0.174. The summed E-state index contributed by atoms with van der Waals surface area (Å²) in [5, 5.41) is 6.08. The van der Waals surface area contributed by atoms with Crippen molar-refractivity contribution in [3.05, 3.63) is 41.8 Å². The van der Waals surface area contributed by atoms with Crippen molar-refractivity contribution in [3.8, 4) is 34.3 Å². The number of fused-ring (bicyclic) bond motifs is 1. The topological polar surface area (TPSA) is 61.8 Å². The van der Waals surface area contributed by atoms with Gasteiger partial charge in [0.1, 0.15) is 0 Å². The molecule has 7 heteroatoms. The highest BCUT2D eigenvalue weighted by Crippen LogP contribution is 2.37. The predicted molar refractivity (Wildman–Crippen MR) is 96.5 cm³/mol. The maximum absolute atomic E-state index is 5.39. The SMILES string of the molecule is COc1ccc(-c2csc(Nc3ccc4c(c3)OCO4)n2)cc1OC. The molecule has 0 atom stereocenters. The van der Waals surface area contributed by atoms with E-state index in [9.17, 15) is 0 Å². The highest BCUT2D eigenvalue weighted by Gasteiger charge is 2.14. The average Bonchev–Trinajstić information content (AvgIpc) is 3.30. The Labute approximate surface area is 148 Å². The average molecular weight is 356 g/mol. The van der Waals surface area contributed by atoms with E-state index in [1.165, 1.54) is 11.3 Å². The number of methoxy groups -OCH3 is 2. The predicted octanol–water partition coefficient (Wildman–Crippen LogP) is 4.30. The van der Waals surface area contributed by atoms with E-state index in [0.717, 1.165) is 33.6 Å². The van der Waals surface area contributed by atoms with E-state index in [0.29, 0.717) is 11.5 Å². The number of nitrogens with one attached hydrogen (secondary N) is 1. The maximum Gasteiger partial charge on any atom is 0.231 e. The largest absolute Gasteiger partial charge is 0.493 e. The van der Waals surface area contributed by atoms with Crippen LogP contribution in [0.15, 0.2) is 41.8 Å². The third kappa shape index (κ3) is 3.06. The van der Waals surface area contributed by atoms with Gasteiger partial charge in [0.15, 0.2) is 28.1 Å². The Hall–Kier alpha value is -2.93. The monoisotopic (exact) mass is 356 g/mol. The number of anilines is 2. The molecule has 0 spiro atoms. The Morgan fingerprint density at radius 3 is 2.68 bits per heavy atom. The van der Waals surface area contributed by atoms with Gasteiger partial charge in [0.05, 0.1) is 19.9 Å². The van der Waals surface area contributed by atoms with Crippen molar-refractivity contribution in [1.29, 1.82) is 0 Å². The molecular weight excluding hydrogens is 340 g/mol. The van der Waals surface area contributed by atoms with Crippen LogP contribution in [0.3, 0.4) is 0 Å². The maximum atomic E-state index is 5.39. The van der Waals surface area contributed by atoms with E-state index < -0.39 is 0 Å². The van der Waals surface area contributed by atoms with E-state index >= 15 is 0 Å². The number of rotatable bonds is 5. The van der Waals surface area contributed by atoms with Crippen molar-refractivity contribution >= 4 is 22.2 Å². The Morgan fingerprint density at radius 2 is 1.84 bits per heavy atom. The summed E-state index contributed by atoms with van der Waals surface area (Å²) >= 11 is 1.53. The van der Waals surface area contributed by atoms with Crippen LogP contribution >= 0.6 is 11.3 Å². The third-order valence-corrected chi connectivity index (χ3v) is 4.57. The van der Waals surface area contributed by atoms with Gasteiger partial charge in [0.25, 0.3) is 0 Å². The second kappa shape index (κ2) is 6.52. The van der Waals surface area contributed by atoms with E-state index in [1.807, 2.05) is 41.8 Å². The number of aromatic nitrogens is 1. The van der Waals surface area contributed by atoms with Crippen LogP contribution in [0.2, 0.25) is 0 Å². The molecule has 0 fully saturated rings. The fraction of sp³-hybridized carbons (Fsp3) is 0.167. The summed E-state index contributed by atoms with van der Waals surface area (Å²) in [6.45, 7) is 0.263. The van der Waals surface area contributed by atoms with Gasteiger partial charge < -0.3 is 24.3 Å². The molecule has 3 aromatic rings. The fourth-order valence-corrected chi connectivity index (χ4v) is 3.30. The van der Waals surface area contributed by atoms with Crippen molar-refractivity contribution in [2.24, 2.45) is 0 Å². The fourth-order valence-electron chi connectivity index (χ4n) is 2.56. The van der Waals surface area contributed by atoms with Gasteiger partial charge in [0.2, 0.25) is 6.79 Å². The molecule has 0 amide bonds. The van der Waals surface area contributed by atoms with Crippen LogP contribution < -0.4 is 24.3 Å². The van der Waals surface area contributed by atoms with Gasteiger partial charge in [-0.15, -0.1) is 11.3 Å². The Kier molecular flexibility index (Phi) is 4.07. The van der Waals surface area contributed by atoms with Gasteiger partial charge in [-0.2, -0.15) is 0 Å². The first kappa shape index (κ1) is 15.6. The molecule has 0 saturated heterocycles. The molecule has 1 aliphatic heterocycles. The van der Waals surface area contributed by atoms with E-state index in [4.69, 9.17) is 18.9 Å². The molecule has 1 aliphatic rings. The lowest BCUT2D eigenvalue weighted by atomic mass is 10.1. The van der Waals surface area contributed by atoms with Gasteiger partial charge in [-0.25, -0.2) is 4.98 Å². The summed E-state index contributed by atoms with van der Waals surface area (Å²) in [5.41, 5.74) is 2.74. The van der Waals surface area contributed by atoms with Crippen molar-refractivity contribution in [2.45, 2.75) is 0 Å². The molecule has 2 heterocycles. The van der Waals surface area contributed by atoms with Crippen LogP contribution in [0, 0.1) is 0 Å². The van der Waals surface area contributed by atoms with Crippen LogP contribution in [0.4, 0.5) is 10.8 Å². The number of hydrogen-bond acceptors (Lipinski definition) is 7. The van der Waals surface area contributed by atoms with Gasteiger partial charge in [-0.05, 0) is 30.3 Å². The summed E-state index contributed by atoms with van der Waals surface area (Å²) < 4.78 is 21.3. The standard InChI is InChI=1S/C18H16N2O4S/c1-21-14-5-3-11(7-16(14)22-2)13-9-25-18(20-13)19-12-4-6-15-17(8-12)24-10-23-15/h3-9H,10H2,1-2H3,(H,19,20). The number of thiazole rings is 1. The second-order valence-corrected chi connectivity index (χ2v) is 6.16. The molecule has 0 bridgehead atoms. The second-order valence-electron chi connectivity index (χ2n) is 5.30. The summed E-state index contributed by atoms with van der Waals surface area (Å²) in [6, 6.07) is 11.5. The third-order valence-electron chi connectivity index (χ3n) is 3.81. The highest BCUT2D eigenvalue weighted by molar-refractivity contribution is 7.14. The van der Waals surface area contributed by atoms with Crippen molar-refractivity contribution in [3.63, 3.8) is 0 Å². The first-order chi connectivity index (χ1) is 12.3. The zero-order chi connectivity index (χ0) is 17.2. The summed E-state index contributed by atoms with van der Waals surface area (Å²) in [5.74, 6) is 2.87. The van der Waals surface area contributed by atoms with E-state index in [2.05, 4.69) is 10.3 Å². The molecule has 0 radical (unpaired) electrons. The normalized spacial score (nSPS) is 12.1. The minimum absolute atomic E-state index is 0.263. The molecule has 0 aliphatic carbocycles. The minimum Gasteiger partial charge on any atom is -0.493 e. The molecule has 1 aromatic heterocycles. The van der Waals surface area contributed by atoms with E-state index in [-0.39, 0.29) is 6.79 Å². The van der Waals surface area contributed by atoms with Crippen LogP contribution in [0.25, 0.3) is 11.3 Å². The van der Waals surface area contributed by atoms with Crippen LogP contribution in [0.5, 0.6) is 23.0 Å². The lowest BCUT2D eigenvalue weighted by Gasteiger charge is -2.08. The highest BCUT2D eigenvalue weighted by atomic mass is 32.1. The zero-order valence-electron chi connectivity index (χ0n) is 13.7. The first-order valence-corrected chi connectivity index (χ1v) is 8.49. The molecular formula is C18H16N2O4S. The quantitative estimate of drug-likeness (QED) is 0.735. The molecule has 0 unspecified atom stereocenters. The Balaban J connectivity index is 1.56. The molecule has 2 aromatic carbocycles. The molecule has 25 heavy (non-hydrogen) atoms. The van der Waals surface area contributed by atoms with Gasteiger partial charge in [0, 0.05) is 22.7 Å². The Bertz CT molecular complexity index is 910. The van der Waals surface area contributed by atoms with Gasteiger partial charge in [-0.1, -0.05) is 0 Å². The lowest BCUT2D eigenvalue weighted by Crippen LogP contribution is -1.93. The number of ether oxygens (including phenoxy) is 4. The van der Waals surface area contributed by atoms with Crippen LogP contribution in [-0.2, 0) is 0 Å². The number of benzene rings is 2. The molecule has 1 N–H and O–H groups in total. The first-order valence-electron chi connectivity index (χ1n) is 7.61. The van der Waals surface area contributed by atoms with Crippen LogP contribution in [0.1, 0.15) is 0 Å². The smallest absolute Gasteiger partial charge is 0.231 e. The van der Waals surface area contributed by atoms with Gasteiger partial charge >= 0.3 is 0 Å². The number of nitrogens with zero attached hydrogens (tertiary/aromatic N) is 1. The van der Waals surface area contributed by atoms with E-state index in [1.54, 1.807) is 14.2 Å². The summed E-state index contributed by atoms with van der Waals surface area (Å²) in [4.78, 5) is 4.64. The van der Waals surface area contributed by atoms with Crippen molar-refractivity contribution in [2.75, 3.05) is 26.3 Å². The molecule has 6 nitrogen and oxygen atoms in total. The molecule has 0 saturated carbocycles. The summed E-state index contributed by atoms with van der Waals surface area (Å²) in [7, 11) is 3.24. The molecule has 128 valence electrons. The minimum atomic E-state index is 0.263. The zero-order valence-corrected chi connectivity index (χ0v) is 14.6. The Morgan fingerprint density at radius 1 is 1.00 bits per heavy atom.